The van der Waals surface area contributed by atoms with E-state index in [4.69, 9.17) is 9.47 Å². The molecule has 1 aliphatic heterocycles. The van der Waals surface area contributed by atoms with Gasteiger partial charge in [-0.25, -0.2) is 0 Å². The van der Waals surface area contributed by atoms with E-state index in [9.17, 15) is 0 Å². The molecule has 1 heterocycles. The van der Waals surface area contributed by atoms with Crippen LogP contribution in [0.4, 0.5) is 0 Å². The summed E-state index contributed by atoms with van der Waals surface area (Å²) >= 11 is 0. The molecule has 1 aliphatic rings. The van der Waals surface area contributed by atoms with Crippen LogP contribution in [0.15, 0.2) is 30.4 Å². The van der Waals surface area contributed by atoms with Gasteiger partial charge >= 0.3 is 0 Å². The van der Waals surface area contributed by atoms with Gasteiger partial charge in [-0.15, -0.1) is 0 Å². The molecule has 3 heteroatoms. The van der Waals surface area contributed by atoms with Gasteiger partial charge < -0.3 is 14.8 Å². The summed E-state index contributed by atoms with van der Waals surface area (Å²) in [6, 6.07) is 6.40. The summed E-state index contributed by atoms with van der Waals surface area (Å²) in [5.74, 6) is 1.79. The number of rotatable bonds is 7. The topological polar surface area (TPSA) is 30.5 Å². The Morgan fingerprint density at radius 3 is 3.05 bits per heavy atom. The Hall–Kier alpha value is -1.48. The average Bonchev–Trinajstić information content (AvgIpc) is 2.84. The SMILES string of the molecule is C=C(CC)COc1ccc2c(c1)OCC2NCCC. The molecule has 0 saturated carbocycles. The van der Waals surface area contributed by atoms with E-state index in [-0.39, 0.29) is 0 Å². The number of ether oxygens (including phenoxy) is 2. The van der Waals surface area contributed by atoms with E-state index in [0.29, 0.717) is 19.3 Å². The fraction of sp³-hybridized carbons (Fsp3) is 0.500. The molecule has 19 heavy (non-hydrogen) atoms. The van der Waals surface area contributed by atoms with Crippen molar-refractivity contribution < 1.29 is 9.47 Å². The third-order valence-corrected chi connectivity index (χ3v) is 3.35. The second-order valence-corrected chi connectivity index (χ2v) is 4.91. The standard InChI is InChI=1S/C16H23NO2/c1-4-8-17-15-11-19-16-9-13(6-7-14(15)16)18-10-12(3)5-2/h6-7,9,15,17H,3-5,8,10-11H2,1-2H3. The van der Waals surface area contributed by atoms with Crippen LogP contribution in [0.5, 0.6) is 11.5 Å². The molecule has 1 aromatic rings. The second-order valence-electron chi connectivity index (χ2n) is 4.91. The number of nitrogens with one attached hydrogen (secondary N) is 1. The first-order chi connectivity index (χ1) is 9.24. The lowest BCUT2D eigenvalue weighted by atomic mass is 10.1. The first kappa shape index (κ1) is 13.9. The first-order valence-corrected chi connectivity index (χ1v) is 7.04. The smallest absolute Gasteiger partial charge is 0.128 e. The molecule has 0 radical (unpaired) electrons. The quantitative estimate of drug-likeness (QED) is 0.762. The molecule has 1 unspecified atom stereocenters. The van der Waals surface area contributed by atoms with Gasteiger partial charge in [-0.3, -0.25) is 0 Å². The molecule has 1 N–H and O–H groups in total. The lowest BCUT2D eigenvalue weighted by molar-refractivity contribution is 0.308. The van der Waals surface area contributed by atoms with Crippen molar-refractivity contribution in [3.05, 3.63) is 35.9 Å². The minimum atomic E-state index is 0.314. The van der Waals surface area contributed by atoms with E-state index < -0.39 is 0 Å². The van der Waals surface area contributed by atoms with Gasteiger partial charge in [0.05, 0.1) is 6.04 Å². The molecule has 1 aromatic carbocycles. The van der Waals surface area contributed by atoms with Crippen molar-refractivity contribution >= 4 is 0 Å². The van der Waals surface area contributed by atoms with Gasteiger partial charge in [-0.05, 0) is 37.1 Å². The van der Waals surface area contributed by atoms with Crippen LogP contribution in [-0.4, -0.2) is 19.8 Å². The normalized spacial score (nSPS) is 16.8. The number of hydrogen-bond donors (Lipinski definition) is 1. The Bertz CT molecular complexity index is 442. The first-order valence-electron chi connectivity index (χ1n) is 7.04. The highest BCUT2D eigenvalue weighted by Gasteiger charge is 2.23. The third kappa shape index (κ3) is 3.51. The van der Waals surface area contributed by atoms with E-state index in [0.717, 1.165) is 36.5 Å². The number of fused-ring (bicyclic) bond motifs is 1. The minimum absolute atomic E-state index is 0.314. The summed E-state index contributed by atoms with van der Waals surface area (Å²) in [4.78, 5) is 0. The van der Waals surface area contributed by atoms with Gasteiger partial charge in [-0.1, -0.05) is 20.4 Å². The largest absolute Gasteiger partial charge is 0.491 e. The van der Waals surface area contributed by atoms with E-state index in [1.165, 1.54) is 5.56 Å². The van der Waals surface area contributed by atoms with Crippen molar-refractivity contribution in [1.29, 1.82) is 0 Å². The maximum atomic E-state index is 5.72. The summed E-state index contributed by atoms with van der Waals surface area (Å²) in [6.07, 6.45) is 2.08. The third-order valence-electron chi connectivity index (χ3n) is 3.35. The Balaban J connectivity index is 1.99. The van der Waals surface area contributed by atoms with Crippen molar-refractivity contribution in [1.82, 2.24) is 5.32 Å². The summed E-state index contributed by atoms with van der Waals surface area (Å²) in [7, 11) is 0. The summed E-state index contributed by atoms with van der Waals surface area (Å²) in [5.41, 5.74) is 2.33. The Morgan fingerprint density at radius 1 is 1.47 bits per heavy atom. The zero-order chi connectivity index (χ0) is 13.7. The molecule has 0 spiro atoms. The Morgan fingerprint density at radius 2 is 2.32 bits per heavy atom. The van der Waals surface area contributed by atoms with Crippen LogP contribution in [0.3, 0.4) is 0 Å². The highest BCUT2D eigenvalue weighted by atomic mass is 16.5. The van der Waals surface area contributed by atoms with E-state index in [2.05, 4.69) is 31.8 Å². The van der Waals surface area contributed by atoms with Crippen LogP contribution in [0, 0.1) is 0 Å². The predicted octanol–water partition coefficient (Wildman–Crippen LogP) is 3.46. The van der Waals surface area contributed by atoms with Crippen molar-refractivity contribution in [2.24, 2.45) is 0 Å². The lowest BCUT2D eigenvalue weighted by Crippen LogP contribution is -2.22. The van der Waals surface area contributed by atoms with Gasteiger partial charge in [-0.2, -0.15) is 0 Å². The molecular weight excluding hydrogens is 238 g/mol. The van der Waals surface area contributed by atoms with Crippen LogP contribution in [0.25, 0.3) is 0 Å². The fourth-order valence-electron chi connectivity index (χ4n) is 2.06. The zero-order valence-corrected chi connectivity index (χ0v) is 11.9. The molecule has 0 fully saturated rings. The molecule has 0 aromatic heterocycles. The lowest BCUT2D eigenvalue weighted by Gasteiger charge is -2.11. The van der Waals surface area contributed by atoms with Crippen molar-refractivity contribution in [3.63, 3.8) is 0 Å². The van der Waals surface area contributed by atoms with Crippen LogP contribution >= 0.6 is 0 Å². The monoisotopic (exact) mass is 261 g/mol. The second kappa shape index (κ2) is 6.62. The molecule has 104 valence electrons. The van der Waals surface area contributed by atoms with E-state index in [1.807, 2.05) is 12.1 Å². The maximum Gasteiger partial charge on any atom is 0.128 e. The van der Waals surface area contributed by atoms with Gasteiger partial charge in [0.1, 0.15) is 24.7 Å². The van der Waals surface area contributed by atoms with E-state index in [1.54, 1.807) is 0 Å². The van der Waals surface area contributed by atoms with Gasteiger partial charge in [0.15, 0.2) is 0 Å². The van der Waals surface area contributed by atoms with Crippen LogP contribution in [0.1, 0.15) is 38.3 Å². The maximum absolute atomic E-state index is 5.72. The minimum Gasteiger partial charge on any atom is -0.491 e. The molecule has 0 aliphatic carbocycles. The van der Waals surface area contributed by atoms with Crippen molar-refractivity contribution in [2.75, 3.05) is 19.8 Å². The van der Waals surface area contributed by atoms with Crippen molar-refractivity contribution in [2.45, 2.75) is 32.7 Å². The van der Waals surface area contributed by atoms with Gasteiger partial charge in [0.2, 0.25) is 0 Å². The van der Waals surface area contributed by atoms with E-state index >= 15 is 0 Å². The van der Waals surface area contributed by atoms with Gasteiger partial charge in [0, 0.05) is 11.6 Å². The molecular formula is C16H23NO2. The Kier molecular flexibility index (Phi) is 4.86. The number of benzene rings is 1. The Labute approximate surface area is 115 Å². The highest BCUT2D eigenvalue weighted by Crippen LogP contribution is 2.35. The molecule has 0 amide bonds. The van der Waals surface area contributed by atoms with Crippen LogP contribution < -0.4 is 14.8 Å². The average molecular weight is 261 g/mol. The molecule has 1 atom stereocenters. The number of hydrogen-bond acceptors (Lipinski definition) is 3. The highest BCUT2D eigenvalue weighted by molar-refractivity contribution is 5.45. The van der Waals surface area contributed by atoms with Crippen LogP contribution in [-0.2, 0) is 0 Å². The predicted molar refractivity (Wildman–Crippen MR) is 77.9 cm³/mol. The fourth-order valence-corrected chi connectivity index (χ4v) is 2.06. The molecule has 3 nitrogen and oxygen atoms in total. The van der Waals surface area contributed by atoms with Gasteiger partial charge in [0.25, 0.3) is 0 Å². The molecule has 0 saturated heterocycles. The summed E-state index contributed by atoms with van der Waals surface area (Å²) < 4.78 is 11.4. The molecule has 2 rings (SSSR count). The zero-order valence-electron chi connectivity index (χ0n) is 11.9. The summed E-state index contributed by atoms with van der Waals surface area (Å²) in [5, 5.41) is 3.49. The summed E-state index contributed by atoms with van der Waals surface area (Å²) in [6.45, 7) is 10.5. The van der Waals surface area contributed by atoms with Crippen molar-refractivity contribution in [3.8, 4) is 11.5 Å². The molecule has 0 bridgehead atoms. The van der Waals surface area contributed by atoms with Crippen LogP contribution in [0.2, 0.25) is 0 Å².